The number of likely N-dealkylation sites (tertiary alicyclic amines) is 1. The van der Waals surface area contributed by atoms with Crippen LogP contribution >= 0.6 is 0 Å². The number of rotatable bonds is 5. The van der Waals surface area contributed by atoms with Gasteiger partial charge in [-0.15, -0.1) is 6.58 Å². The topological polar surface area (TPSA) is 86.3 Å². The Hall–Kier alpha value is -2.11. The van der Waals surface area contributed by atoms with Crippen LogP contribution in [0.4, 0.5) is 0 Å². The molecule has 1 amide bonds. The van der Waals surface area contributed by atoms with Crippen molar-refractivity contribution in [2.45, 2.75) is 18.9 Å². The van der Waals surface area contributed by atoms with E-state index in [9.17, 15) is 14.7 Å². The van der Waals surface area contributed by atoms with Crippen molar-refractivity contribution in [3.05, 3.63) is 30.9 Å². The first-order chi connectivity index (χ1) is 8.61. The Morgan fingerprint density at radius 1 is 1.78 bits per heavy atom. The van der Waals surface area contributed by atoms with Gasteiger partial charge < -0.3 is 15.0 Å². The molecule has 18 heavy (non-hydrogen) atoms. The zero-order valence-electron chi connectivity index (χ0n) is 9.87. The van der Waals surface area contributed by atoms with Gasteiger partial charge >= 0.3 is 5.97 Å². The molecule has 1 aromatic heterocycles. The van der Waals surface area contributed by atoms with E-state index in [1.54, 1.807) is 12.3 Å². The van der Waals surface area contributed by atoms with Gasteiger partial charge in [0.2, 0.25) is 5.91 Å². The molecule has 0 spiro atoms. The minimum atomic E-state index is -0.998. The fourth-order valence-corrected chi connectivity index (χ4v) is 2.15. The van der Waals surface area contributed by atoms with Gasteiger partial charge in [-0.25, -0.2) is 9.78 Å². The first kappa shape index (κ1) is 12.3. The average Bonchev–Trinajstić information content (AvgIpc) is 2.95. The molecule has 0 radical (unpaired) electrons. The molecule has 1 fully saturated rings. The highest BCUT2D eigenvalue weighted by Crippen LogP contribution is 2.22. The number of amides is 1. The molecule has 1 aliphatic rings. The molecule has 6 nitrogen and oxygen atoms in total. The summed E-state index contributed by atoms with van der Waals surface area (Å²) >= 11 is 0. The fraction of sp³-hybridized carbons (Fsp3) is 0.417. The molecule has 2 heterocycles. The van der Waals surface area contributed by atoms with E-state index in [0.29, 0.717) is 18.7 Å². The predicted octanol–water partition coefficient (Wildman–Crippen LogP) is 0.440. The van der Waals surface area contributed by atoms with Crippen LogP contribution in [-0.2, 0) is 16.0 Å². The lowest BCUT2D eigenvalue weighted by Gasteiger charge is -2.24. The second-order valence-corrected chi connectivity index (χ2v) is 4.38. The van der Waals surface area contributed by atoms with Crippen molar-refractivity contribution in [2.75, 3.05) is 6.54 Å². The zero-order chi connectivity index (χ0) is 13.1. The molecule has 0 aliphatic carbocycles. The zero-order valence-corrected chi connectivity index (χ0v) is 9.87. The molecule has 0 saturated carbocycles. The number of aromatic amines is 1. The monoisotopic (exact) mass is 249 g/mol. The van der Waals surface area contributed by atoms with E-state index >= 15 is 0 Å². The number of hydrogen-bond acceptors (Lipinski definition) is 3. The van der Waals surface area contributed by atoms with E-state index < -0.39 is 12.0 Å². The van der Waals surface area contributed by atoms with E-state index in [0.717, 1.165) is 0 Å². The van der Waals surface area contributed by atoms with Crippen LogP contribution in [0.2, 0.25) is 0 Å². The molecule has 1 aromatic rings. The number of hydrogen-bond donors (Lipinski definition) is 2. The normalized spacial score (nSPS) is 21.0. The highest BCUT2D eigenvalue weighted by atomic mass is 16.4. The number of nitrogens with zero attached hydrogens (tertiary/aromatic N) is 2. The maximum atomic E-state index is 11.8. The van der Waals surface area contributed by atoms with Gasteiger partial charge in [0.25, 0.3) is 0 Å². The Labute approximate surface area is 104 Å². The highest BCUT2D eigenvalue weighted by molar-refractivity contribution is 5.85. The Balaban J connectivity index is 2.13. The predicted molar refractivity (Wildman–Crippen MR) is 63.7 cm³/mol. The van der Waals surface area contributed by atoms with Gasteiger partial charge in [-0.3, -0.25) is 4.79 Å². The summed E-state index contributed by atoms with van der Waals surface area (Å²) in [6, 6.07) is -0.845. The number of carbonyl (C=O) groups is 2. The average molecular weight is 249 g/mol. The number of imidazole rings is 1. The number of carboxylic acids is 1. The van der Waals surface area contributed by atoms with Gasteiger partial charge in [0, 0.05) is 37.2 Å². The van der Waals surface area contributed by atoms with Gasteiger partial charge in [-0.1, -0.05) is 6.08 Å². The van der Waals surface area contributed by atoms with Crippen molar-refractivity contribution in [3.63, 3.8) is 0 Å². The molecule has 96 valence electrons. The molecule has 2 rings (SSSR count). The van der Waals surface area contributed by atoms with Gasteiger partial charge in [-0.05, 0) is 0 Å². The second-order valence-electron chi connectivity index (χ2n) is 4.38. The Kier molecular flexibility index (Phi) is 3.45. The van der Waals surface area contributed by atoms with Crippen molar-refractivity contribution in [1.82, 2.24) is 14.9 Å². The number of carbonyl (C=O) groups excluding carboxylic acids is 1. The van der Waals surface area contributed by atoms with Crippen LogP contribution in [0.25, 0.3) is 0 Å². The lowest BCUT2D eigenvalue weighted by atomic mass is 10.1. The van der Waals surface area contributed by atoms with Crippen molar-refractivity contribution >= 4 is 11.9 Å². The molecule has 0 bridgehead atoms. The van der Waals surface area contributed by atoms with E-state index in [-0.39, 0.29) is 18.2 Å². The Morgan fingerprint density at radius 2 is 2.56 bits per heavy atom. The lowest BCUT2D eigenvalue weighted by Crippen LogP contribution is -2.43. The standard InChI is InChI=1S/C12H15N3O3/c1-2-8-3-11(16)15(6-8)10(12(17)18)4-9-5-13-7-14-9/h2,5,7-8,10H,1,3-4,6H2,(H,13,14)(H,17,18)/t8?,10-/m0/s1. The van der Waals surface area contributed by atoms with E-state index in [1.807, 2.05) is 0 Å². The molecule has 1 aliphatic heterocycles. The minimum Gasteiger partial charge on any atom is -0.480 e. The third kappa shape index (κ3) is 2.42. The molecule has 2 atom stereocenters. The third-order valence-electron chi connectivity index (χ3n) is 3.15. The van der Waals surface area contributed by atoms with Gasteiger partial charge in [-0.2, -0.15) is 0 Å². The SMILES string of the molecule is C=CC1CC(=O)N([C@@H](Cc2cnc[nH]2)C(=O)O)C1. The maximum Gasteiger partial charge on any atom is 0.326 e. The van der Waals surface area contributed by atoms with E-state index in [2.05, 4.69) is 16.5 Å². The van der Waals surface area contributed by atoms with Crippen LogP contribution in [-0.4, -0.2) is 44.4 Å². The second kappa shape index (κ2) is 5.03. The number of nitrogens with one attached hydrogen (secondary N) is 1. The summed E-state index contributed by atoms with van der Waals surface area (Å²) in [5.41, 5.74) is 0.706. The smallest absolute Gasteiger partial charge is 0.326 e. The fourth-order valence-electron chi connectivity index (χ4n) is 2.15. The highest BCUT2D eigenvalue weighted by Gasteiger charge is 2.36. The van der Waals surface area contributed by atoms with E-state index in [4.69, 9.17) is 0 Å². The molecular formula is C12H15N3O3. The molecule has 1 unspecified atom stereocenters. The van der Waals surface area contributed by atoms with Crippen LogP contribution in [0, 0.1) is 5.92 Å². The quantitative estimate of drug-likeness (QED) is 0.741. The van der Waals surface area contributed by atoms with Gasteiger partial charge in [0.05, 0.1) is 6.33 Å². The van der Waals surface area contributed by atoms with Crippen molar-refractivity contribution in [3.8, 4) is 0 Å². The molecule has 2 N–H and O–H groups in total. The van der Waals surface area contributed by atoms with E-state index in [1.165, 1.54) is 11.2 Å². The molecule has 0 aromatic carbocycles. The van der Waals surface area contributed by atoms with Crippen LogP contribution in [0.15, 0.2) is 25.2 Å². The van der Waals surface area contributed by atoms with Crippen LogP contribution in [0.1, 0.15) is 12.1 Å². The Bertz CT molecular complexity index is 455. The minimum absolute atomic E-state index is 0.0427. The molecule has 1 saturated heterocycles. The Morgan fingerprint density at radius 3 is 3.06 bits per heavy atom. The third-order valence-corrected chi connectivity index (χ3v) is 3.15. The van der Waals surface area contributed by atoms with Crippen molar-refractivity contribution in [2.24, 2.45) is 5.92 Å². The summed E-state index contributed by atoms with van der Waals surface area (Å²) in [5.74, 6) is -1.09. The van der Waals surface area contributed by atoms with Gasteiger partial charge in [0.1, 0.15) is 6.04 Å². The first-order valence-corrected chi connectivity index (χ1v) is 5.74. The summed E-state index contributed by atoms with van der Waals surface area (Å²) in [5, 5.41) is 9.26. The number of H-pyrrole nitrogens is 1. The van der Waals surface area contributed by atoms with Crippen LogP contribution in [0.5, 0.6) is 0 Å². The number of carboxylic acid groups (broad SMARTS) is 1. The van der Waals surface area contributed by atoms with Crippen LogP contribution in [0.3, 0.4) is 0 Å². The molecule has 6 heteroatoms. The summed E-state index contributed by atoms with van der Waals surface area (Å²) in [6.45, 7) is 4.07. The van der Waals surface area contributed by atoms with Crippen LogP contribution < -0.4 is 0 Å². The summed E-state index contributed by atoms with van der Waals surface area (Å²) in [4.78, 5) is 31.2. The van der Waals surface area contributed by atoms with Gasteiger partial charge in [0.15, 0.2) is 0 Å². The van der Waals surface area contributed by atoms with Crippen molar-refractivity contribution < 1.29 is 14.7 Å². The maximum absolute atomic E-state index is 11.8. The molecular weight excluding hydrogens is 234 g/mol. The number of aromatic nitrogens is 2. The largest absolute Gasteiger partial charge is 0.480 e. The summed E-state index contributed by atoms with van der Waals surface area (Å²) < 4.78 is 0. The lowest BCUT2D eigenvalue weighted by molar-refractivity contribution is -0.148. The summed E-state index contributed by atoms with van der Waals surface area (Å²) in [6.07, 6.45) is 5.35. The number of aliphatic carboxylic acids is 1. The van der Waals surface area contributed by atoms with Crippen molar-refractivity contribution in [1.29, 1.82) is 0 Å². The summed E-state index contributed by atoms with van der Waals surface area (Å²) in [7, 11) is 0. The first-order valence-electron chi connectivity index (χ1n) is 5.74.